The number of aliphatic imine (C=N–C) groups is 2. The van der Waals surface area contributed by atoms with Gasteiger partial charge in [-0.05, 0) is 6.26 Å². The van der Waals surface area contributed by atoms with E-state index in [4.69, 9.17) is 10.6 Å². The van der Waals surface area contributed by atoms with Gasteiger partial charge in [0.25, 0.3) is 0 Å². The molecule has 0 aromatic heterocycles. The maximum Gasteiger partial charge on any atom is 0.222 e. The van der Waals surface area contributed by atoms with Crippen molar-refractivity contribution in [3.8, 4) is 0 Å². The number of hydrogen-bond donors (Lipinski definition) is 2. The number of hydrazine groups is 1. The molecule has 0 aromatic rings. The number of guanidine groups is 1. The molecule has 1 unspecified atom stereocenters. The topological polar surface area (TPSA) is 75.2 Å². The second kappa shape index (κ2) is 6.83. The summed E-state index contributed by atoms with van der Waals surface area (Å²) in [7, 11) is 1.66. The third-order valence-electron chi connectivity index (χ3n) is 2.29. The molecular weight excluding hydrogens is 238 g/mol. The Morgan fingerprint density at radius 2 is 2.35 bits per heavy atom. The van der Waals surface area contributed by atoms with E-state index in [1.54, 1.807) is 23.9 Å². The molecule has 0 radical (unpaired) electrons. The minimum atomic E-state index is -0.0220. The van der Waals surface area contributed by atoms with Gasteiger partial charge in [0.1, 0.15) is 5.84 Å². The summed E-state index contributed by atoms with van der Waals surface area (Å²) in [4.78, 5) is 8.76. The van der Waals surface area contributed by atoms with Crippen LogP contribution in [0.3, 0.4) is 0 Å². The van der Waals surface area contributed by atoms with Crippen molar-refractivity contribution in [3.63, 3.8) is 0 Å². The molecular formula is C10H21N5OS. The van der Waals surface area contributed by atoms with Gasteiger partial charge in [-0.15, -0.1) is 11.8 Å². The quantitative estimate of drug-likeness (QED) is 0.554. The van der Waals surface area contributed by atoms with Crippen molar-refractivity contribution in [1.82, 2.24) is 10.3 Å². The fourth-order valence-corrected chi connectivity index (χ4v) is 1.98. The van der Waals surface area contributed by atoms with E-state index in [1.807, 2.05) is 6.26 Å². The van der Waals surface area contributed by atoms with Crippen LogP contribution in [0.2, 0.25) is 0 Å². The number of methoxy groups -OCH3 is 1. The highest BCUT2D eigenvalue weighted by molar-refractivity contribution is 7.99. The maximum absolute atomic E-state index is 5.99. The first kappa shape index (κ1) is 14.3. The van der Waals surface area contributed by atoms with Crippen molar-refractivity contribution < 1.29 is 4.74 Å². The molecule has 3 N–H and O–H groups in total. The Bertz CT molecular complexity index is 305. The standard InChI is InChI=1S/C10H21N5OS/c1-7(2)8-13-9(12-5-6-16-3)14-10(17-4)15(8)11/h7,10H,5-6,11H2,1-4H3,(H,12,14). The van der Waals surface area contributed by atoms with Gasteiger partial charge in [0.05, 0.1) is 13.2 Å². The molecule has 7 heteroatoms. The van der Waals surface area contributed by atoms with E-state index in [9.17, 15) is 0 Å². The molecule has 0 fully saturated rings. The molecule has 0 saturated heterocycles. The smallest absolute Gasteiger partial charge is 0.222 e. The number of rotatable bonds is 5. The van der Waals surface area contributed by atoms with Gasteiger partial charge in [-0.25, -0.2) is 10.8 Å². The van der Waals surface area contributed by atoms with E-state index in [0.29, 0.717) is 19.1 Å². The van der Waals surface area contributed by atoms with Crippen molar-refractivity contribution in [2.45, 2.75) is 19.3 Å². The van der Waals surface area contributed by atoms with Crippen LogP contribution in [0.5, 0.6) is 0 Å². The van der Waals surface area contributed by atoms with E-state index < -0.39 is 0 Å². The first-order valence-electron chi connectivity index (χ1n) is 5.55. The average Bonchev–Trinajstić information content (AvgIpc) is 2.30. The lowest BCUT2D eigenvalue weighted by Gasteiger charge is -2.35. The van der Waals surface area contributed by atoms with Crippen molar-refractivity contribution >= 4 is 23.6 Å². The van der Waals surface area contributed by atoms with Gasteiger partial charge >= 0.3 is 0 Å². The molecule has 0 aromatic carbocycles. The molecule has 6 nitrogen and oxygen atoms in total. The Balaban J connectivity index is 2.82. The third-order valence-corrected chi connectivity index (χ3v) is 3.08. The molecule has 98 valence electrons. The number of amidine groups is 1. The second-order valence-electron chi connectivity index (χ2n) is 3.96. The van der Waals surface area contributed by atoms with Crippen molar-refractivity contribution in [2.24, 2.45) is 21.7 Å². The van der Waals surface area contributed by atoms with Crippen LogP contribution >= 0.6 is 11.8 Å². The summed E-state index contributed by atoms with van der Waals surface area (Å²) >= 11 is 1.61. The fraction of sp³-hybridized carbons (Fsp3) is 0.800. The minimum Gasteiger partial charge on any atom is -0.383 e. The number of hydrogen-bond acceptors (Lipinski definition) is 5. The zero-order valence-electron chi connectivity index (χ0n) is 10.8. The van der Waals surface area contributed by atoms with Gasteiger partial charge in [-0.2, -0.15) is 4.99 Å². The Hall–Kier alpha value is -0.790. The number of nitrogens with zero attached hydrogens (tertiary/aromatic N) is 3. The molecule has 1 heterocycles. The zero-order chi connectivity index (χ0) is 12.8. The van der Waals surface area contributed by atoms with Crippen LogP contribution in [0.25, 0.3) is 0 Å². The van der Waals surface area contributed by atoms with Crippen LogP contribution in [0, 0.1) is 5.92 Å². The largest absolute Gasteiger partial charge is 0.383 e. The minimum absolute atomic E-state index is 0.0220. The van der Waals surface area contributed by atoms with Crippen LogP contribution in [0.4, 0.5) is 0 Å². The number of nitrogens with two attached hydrogens (primary N) is 1. The van der Waals surface area contributed by atoms with Gasteiger partial charge in [0.15, 0.2) is 5.50 Å². The average molecular weight is 259 g/mol. The SMILES string of the molecule is COCCN=C1N=C(C(C)C)N(N)C(SC)N1. The number of ether oxygens (including phenoxy) is 1. The Morgan fingerprint density at radius 1 is 1.65 bits per heavy atom. The summed E-state index contributed by atoms with van der Waals surface area (Å²) < 4.78 is 4.96. The fourth-order valence-electron chi connectivity index (χ4n) is 1.42. The summed E-state index contributed by atoms with van der Waals surface area (Å²) in [5.41, 5.74) is -0.0220. The monoisotopic (exact) mass is 259 g/mol. The normalized spacial score (nSPS) is 22.9. The summed E-state index contributed by atoms with van der Waals surface area (Å²) in [6.45, 7) is 5.32. The first-order valence-corrected chi connectivity index (χ1v) is 6.84. The van der Waals surface area contributed by atoms with Crippen LogP contribution in [-0.4, -0.2) is 48.8 Å². The van der Waals surface area contributed by atoms with Crippen molar-refractivity contribution in [3.05, 3.63) is 0 Å². The van der Waals surface area contributed by atoms with Gasteiger partial charge < -0.3 is 10.1 Å². The molecule has 1 atom stereocenters. The predicted molar refractivity (Wildman–Crippen MR) is 72.9 cm³/mol. The molecule has 1 aliphatic heterocycles. The molecule has 0 bridgehead atoms. The zero-order valence-corrected chi connectivity index (χ0v) is 11.6. The van der Waals surface area contributed by atoms with Gasteiger partial charge in [0.2, 0.25) is 5.96 Å². The molecule has 1 rings (SSSR count). The molecule has 0 aliphatic carbocycles. The van der Waals surface area contributed by atoms with Crippen LogP contribution in [0.1, 0.15) is 13.8 Å². The van der Waals surface area contributed by atoms with Crippen LogP contribution in [-0.2, 0) is 4.74 Å². The summed E-state index contributed by atoms with van der Waals surface area (Å²) in [6, 6.07) is 0. The lowest BCUT2D eigenvalue weighted by atomic mass is 10.2. The van der Waals surface area contributed by atoms with Crippen LogP contribution in [0.15, 0.2) is 9.98 Å². The highest BCUT2D eigenvalue weighted by atomic mass is 32.2. The van der Waals surface area contributed by atoms with E-state index in [0.717, 1.165) is 5.84 Å². The summed E-state index contributed by atoms with van der Waals surface area (Å²) in [5, 5.41) is 4.82. The Morgan fingerprint density at radius 3 is 2.88 bits per heavy atom. The van der Waals surface area contributed by atoms with E-state index >= 15 is 0 Å². The van der Waals surface area contributed by atoms with Gasteiger partial charge in [0, 0.05) is 13.0 Å². The predicted octanol–water partition coefficient (Wildman–Crippen LogP) is 0.469. The maximum atomic E-state index is 5.99. The van der Waals surface area contributed by atoms with E-state index in [2.05, 4.69) is 29.1 Å². The van der Waals surface area contributed by atoms with E-state index in [-0.39, 0.29) is 11.4 Å². The van der Waals surface area contributed by atoms with E-state index in [1.165, 1.54) is 0 Å². The van der Waals surface area contributed by atoms with Crippen molar-refractivity contribution in [1.29, 1.82) is 0 Å². The van der Waals surface area contributed by atoms with Crippen LogP contribution < -0.4 is 11.2 Å². The molecule has 0 saturated carbocycles. The lowest BCUT2D eigenvalue weighted by molar-refractivity contribution is 0.208. The third kappa shape index (κ3) is 3.86. The summed E-state index contributed by atoms with van der Waals surface area (Å²) in [6.07, 6.45) is 1.99. The van der Waals surface area contributed by atoms with Gasteiger partial charge in [-0.1, -0.05) is 13.8 Å². The second-order valence-corrected chi connectivity index (χ2v) is 4.88. The number of nitrogens with one attached hydrogen (secondary N) is 1. The Kier molecular flexibility index (Phi) is 5.73. The highest BCUT2D eigenvalue weighted by Crippen LogP contribution is 2.14. The first-order chi connectivity index (χ1) is 8.10. The molecule has 0 amide bonds. The lowest BCUT2D eigenvalue weighted by Crippen LogP contribution is -2.57. The molecule has 1 aliphatic rings. The highest BCUT2D eigenvalue weighted by Gasteiger charge is 2.26. The van der Waals surface area contributed by atoms with Crippen molar-refractivity contribution in [2.75, 3.05) is 26.5 Å². The molecule has 17 heavy (non-hydrogen) atoms. The number of thioether (sulfide) groups is 1. The Labute approximate surface area is 107 Å². The molecule has 0 spiro atoms. The summed E-state index contributed by atoms with van der Waals surface area (Å²) in [5.74, 6) is 7.74. The van der Waals surface area contributed by atoms with Gasteiger partial charge in [-0.3, -0.25) is 5.01 Å².